The third-order valence-electron chi connectivity index (χ3n) is 4.63. The Bertz CT molecular complexity index is 1060. The van der Waals surface area contributed by atoms with Crippen LogP contribution < -0.4 is 0 Å². The quantitative estimate of drug-likeness (QED) is 0.696. The first-order chi connectivity index (χ1) is 12.8. The predicted octanol–water partition coefficient (Wildman–Crippen LogP) is 4.14. The van der Waals surface area contributed by atoms with Gasteiger partial charge in [-0.3, -0.25) is 4.98 Å². The van der Waals surface area contributed by atoms with Crippen LogP contribution in [0.2, 0.25) is 0 Å². The van der Waals surface area contributed by atoms with E-state index in [9.17, 15) is 13.5 Å². The molecule has 1 N–H and O–H groups in total. The van der Waals surface area contributed by atoms with Gasteiger partial charge < -0.3 is 5.11 Å². The first-order valence-electron chi connectivity index (χ1n) is 8.76. The number of pyridine rings is 1. The molecule has 1 aliphatic rings. The molecule has 0 unspecified atom stereocenters. The molecule has 0 radical (unpaired) electrons. The van der Waals surface area contributed by atoms with E-state index in [4.69, 9.17) is 0 Å². The lowest BCUT2D eigenvalue weighted by atomic mass is 9.99. The van der Waals surface area contributed by atoms with Crippen LogP contribution in [-0.2, 0) is 15.4 Å². The number of rotatable bonds is 5. The van der Waals surface area contributed by atoms with Crippen LogP contribution in [0.5, 0.6) is 0 Å². The van der Waals surface area contributed by atoms with E-state index in [1.807, 2.05) is 12.1 Å². The molecule has 0 aliphatic heterocycles. The van der Waals surface area contributed by atoms with Crippen molar-refractivity contribution in [3.63, 3.8) is 0 Å². The molecular weight excluding hydrogens is 380 g/mol. The molecule has 0 bridgehead atoms. The van der Waals surface area contributed by atoms with Crippen molar-refractivity contribution in [3.05, 3.63) is 60.0 Å². The van der Waals surface area contributed by atoms with Gasteiger partial charge in [-0.15, -0.1) is 11.3 Å². The third kappa shape index (κ3) is 3.54. The van der Waals surface area contributed by atoms with E-state index in [1.54, 1.807) is 50.5 Å². The zero-order valence-electron chi connectivity index (χ0n) is 15.1. The summed E-state index contributed by atoms with van der Waals surface area (Å²) in [5, 5.41) is 10.8. The highest BCUT2D eigenvalue weighted by molar-refractivity contribution is 7.93. The summed E-state index contributed by atoms with van der Waals surface area (Å²) in [5.74, 6) is 0.220. The average Bonchev–Trinajstić information content (AvgIpc) is 3.39. The summed E-state index contributed by atoms with van der Waals surface area (Å²) < 4.78 is 26.9. The van der Waals surface area contributed by atoms with Crippen molar-refractivity contribution in [2.75, 3.05) is 0 Å². The van der Waals surface area contributed by atoms with Crippen molar-refractivity contribution < 1.29 is 13.5 Å². The van der Waals surface area contributed by atoms with Crippen molar-refractivity contribution >= 4 is 21.2 Å². The monoisotopic (exact) mass is 400 g/mol. The molecule has 2 heterocycles. The highest BCUT2D eigenvalue weighted by atomic mass is 32.2. The molecule has 2 aromatic heterocycles. The van der Waals surface area contributed by atoms with Crippen LogP contribution in [0.1, 0.15) is 43.9 Å². The molecule has 140 valence electrons. The van der Waals surface area contributed by atoms with Gasteiger partial charge >= 0.3 is 0 Å². The Morgan fingerprint density at radius 2 is 1.70 bits per heavy atom. The molecule has 0 atom stereocenters. The van der Waals surface area contributed by atoms with E-state index in [1.165, 1.54) is 11.3 Å². The zero-order valence-corrected chi connectivity index (χ0v) is 16.7. The molecule has 4 rings (SSSR count). The van der Waals surface area contributed by atoms with Crippen LogP contribution in [0.25, 0.3) is 10.6 Å². The molecule has 0 saturated heterocycles. The number of nitrogens with zero attached hydrogens (tertiary/aromatic N) is 2. The number of aliphatic hydroxyl groups is 1. The van der Waals surface area contributed by atoms with Crippen molar-refractivity contribution in [2.24, 2.45) is 0 Å². The molecule has 1 aromatic carbocycles. The fourth-order valence-corrected chi connectivity index (χ4v) is 5.94. The van der Waals surface area contributed by atoms with Crippen molar-refractivity contribution in [3.8, 4) is 10.6 Å². The minimum absolute atomic E-state index is 0.220. The molecule has 1 saturated carbocycles. The third-order valence-corrected chi connectivity index (χ3v) is 8.04. The van der Waals surface area contributed by atoms with Gasteiger partial charge in [-0.2, -0.15) is 0 Å². The van der Waals surface area contributed by atoms with E-state index in [0.717, 1.165) is 18.4 Å². The maximum atomic E-state index is 13.3. The summed E-state index contributed by atoms with van der Waals surface area (Å²) >= 11 is 1.22. The van der Waals surface area contributed by atoms with E-state index < -0.39 is 15.4 Å². The maximum Gasteiger partial charge on any atom is 0.217 e. The molecule has 1 aliphatic carbocycles. The average molecular weight is 401 g/mol. The molecule has 7 heteroatoms. The van der Waals surface area contributed by atoms with Gasteiger partial charge in [-0.25, -0.2) is 13.4 Å². The summed E-state index contributed by atoms with van der Waals surface area (Å²) in [5.41, 5.74) is 1.21. The molecule has 1 fully saturated rings. The molecular formula is C20H20N2O3S2. The molecule has 3 aromatic rings. The summed E-state index contributed by atoms with van der Waals surface area (Å²) in [4.78, 5) is 8.90. The van der Waals surface area contributed by atoms with Crippen LogP contribution in [0, 0.1) is 0 Å². The minimum Gasteiger partial charge on any atom is -0.386 e. The normalized spacial score (nSPS) is 15.1. The largest absolute Gasteiger partial charge is 0.386 e. The number of hydrogen-bond acceptors (Lipinski definition) is 6. The first-order valence-corrected chi connectivity index (χ1v) is 11.1. The van der Waals surface area contributed by atoms with Crippen LogP contribution >= 0.6 is 11.3 Å². The topological polar surface area (TPSA) is 80.1 Å². The molecule has 27 heavy (non-hydrogen) atoms. The first kappa shape index (κ1) is 18.3. The lowest BCUT2D eigenvalue weighted by Gasteiger charge is -2.17. The minimum atomic E-state index is -3.67. The Hall–Kier alpha value is -2.09. The second-order valence-electron chi connectivity index (χ2n) is 7.29. The Kier molecular flexibility index (Phi) is 4.41. The second-order valence-corrected chi connectivity index (χ2v) is 10.4. The van der Waals surface area contributed by atoms with Crippen molar-refractivity contribution in [2.45, 2.75) is 47.3 Å². The van der Waals surface area contributed by atoms with Gasteiger partial charge in [0.15, 0.2) is 0 Å². The highest BCUT2D eigenvalue weighted by Crippen LogP contribution is 2.47. The Balaban J connectivity index is 1.78. The summed E-state index contributed by atoms with van der Waals surface area (Å²) in [7, 11) is -3.67. The number of hydrogen-bond donors (Lipinski definition) is 1. The van der Waals surface area contributed by atoms with Gasteiger partial charge in [0.2, 0.25) is 9.84 Å². The van der Waals surface area contributed by atoms with Crippen LogP contribution in [0.3, 0.4) is 0 Å². The van der Waals surface area contributed by atoms with E-state index in [0.29, 0.717) is 20.5 Å². The Morgan fingerprint density at radius 3 is 2.26 bits per heavy atom. The molecule has 0 amide bonds. The van der Waals surface area contributed by atoms with E-state index >= 15 is 0 Å². The fraction of sp³-hybridized carbons (Fsp3) is 0.300. The Labute approximate surface area is 162 Å². The lowest BCUT2D eigenvalue weighted by Crippen LogP contribution is -2.15. The van der Waals surface area contributed by atoms with Crippen LogP contribution in [-0.4, -0.2) is 23.5 Å². The van der Waals surface area contributed by atoms with E-state index in [-0.39, 0.29) is 10.8 Å². The van der Waals surface area contributed by atoms with Crippen LogP contribution in [0.4, 0.5) is 0 Å². The number of benzene rings is 1. The van der Waals surface area contributed by atoms with Gasteiger partial charge in [-0.05, 0) is 56.5 Å². The lowest BCUT2D eigenvalue weighted by molar-refractivity contribution is 0.0785. The maximum absolute atomic E-state index is 13.3. The number of aromatic nitrogens is 2. The van der Waals surface area contributed by atoms with Gasteiger partial charge in [0.25, 0.3) is 0 Å². The van der Waals surface area contributed by atoms with Crippen LogP contribution in [0.15, 0.2) is 57.9 Å². The van der Waals surface area contributed by atoms with Crippen molar-refractivity contribution in [1.82, 2.24) is 9.97 Å². The smallest absolute Gasteiger partial charge is 0.217 e. The van der Waals surface area contributed by atoms with Gasteiger partial charge in [0, 0.05) is 23.9 Å². The zero-order chi connectivity index (χ0) is 19.2. The number of thiazole rings is 1. The summed E-state index contributed by atoms with van der Waals surface area (Å²) in [6.07, 6.45) is 5.30. The molecule has 0 spiro atoms. The highest BCUT2D eigenvalue weighted by Gasteiger charge is 2.35. The number of sulfone groups is 1. The summed E-state index contributed by atoms with van der Waals surface area (Å²) in [6.45, 7) is 3.35. The molecule has 5 nitrogen and oxygen atoms in total. The van der Waals surface area contributed by atoms with Gasteiger partial charge in [0.1, 0.15) is 9.22 Å². The SMILES string of the molecule is CC(C)(O)c1ccc(S(=O)(=O)c2sc(-c3ccncc3)nc2C2CC2)cc1. The van der Waals surface area contributed by atoms with E-state index in [2.05, 4.69) is 9.97 Å². The fourth-order valence-electron chi connectivity index (χ4n) is 2.89. The van der Waals surface area contributed by atoms with Gasteiger partial charge in [0.05, 0.1) is 16.2 Å². The van der Waals surface area contributed by atoms with Gasteiger partial charge in [-0.1, -0.05) is 12.1 Å². The second kappa shape index (κ2) is 6.51. The summed E-state index contributed by atoms with van der Waals surface area (Å²) in [6, 6.07) is 10.1. The standard InChI is InChI=1S/C20H20N2O3S2/c1-20(2,23)15-5-7-16(8-6-15)27(24,25)19-17(13-3-4-13)22-18(26-19)14-9-11-21-12-10-14/h5-13,23H,3-4H2,1-2H3. The van der Waals surface area contributed by atoms with Crippen molar-refractivity contribution in [1.29, 1.82) is 0 Å². The predicted molar refractivity (Wildman–Crippen MR) is 104 cm³/mol. The Morgan fingerprint density at radius 1 is 1.07 bits per heavy atom.